The van der Waals surface area contributed by atoms with Gasteiger partial charge in [0.25, 0.3) is 0 Å². The predicted molar refractivity (Wildman–Crippen MR) is 81.8 cm³/mol. The van der Waals surface area contributed by atoms with E-state index in [1.807, 2.05) is 38.1 Å². The minimum Gasteiger partial charge on any atom is -0.346 e. The summed E-state index contributed by atoms with van der Waals surface area (Å²) in [5.74, 6) is -1.08. The zero-order valence-electron chi connectivity index (χ0n) is 12.8. The zero-order valence-corrected chi connectivity index (χ0v) is 12.8. The molecule has 1 aromatic carbocycles. The smallest absolute Gasteiger partial charge is 0.309 e. The van der Waals surface area contributed by atoms with Crippen molar-refractivity contribution < 1.29 is 9.59 Å². The molecular weight excluding hydrogens is 266 g/mol. The normalized spacial score (nSPS) is 15.6. The molecule has 0 heterocycles. The van der Waals surface area contributed by atoms with Crippen LogP contribution in [-0.4, -0.2) is 43.4 Å². The fourth-order valence-corrected chi connectivity index (χ4v) is 2.14. The average molecular weight is 289 g/mol. The maximum absolute atomic E-state index is 11.8. The van der Waals surface area contributed by atoms with Crippen LogP contribution in [0, 0.1) is 6.92 Å². The first-order valence-electron chi connectivity index (χ1n) is 7.29. The third-order valence-electron chi connectivity index (χ3n) is 3.66. The summed E-state index contributed by atoms with van der Waals surface area (Å²) in [5.41, 5.74) is 2.32. The van der Waals surface area contributed by atoms with E-state index in [2.05, 4.69) is 22.8 Å². The molecule has 1 saturated carbocycles. The number of carbonyl (C=O) groups is 2. The lowest BCUT2D eigenvalue weighted by molar-refractivity contribution is -0.139. The Morgan fingerprint density at radius 3 is 2.33 bits per heavy atom. The molecule has 2 amide bonds. The summed E-state index contributed by atoms with van der Waals surface area (Å²) in [7, 11) is 3.92. The summed E-state index contributed by atoms with van der Waals surface area (Å²) in [6, 6.07) is 8.45. The van der Waals surface area contributed by atoms with Crippen LogP contribution >= 0.6 is 0 Å². The Bertz CT molecular complexity index is 507. The molecule has 1 fully saturated rings. The molecule has 0 unspecified atom stereocenters. The van der Waals surface area contributed by atoms with E-state index in [4.69, 9.17) is 0 Å². The van der Waals surface area contributed by atoms with Crippen LogP contribution in [0.3, 0.4) is 0 Å². The zero-order chi connectivity index (χ0) is 15.4. The molecule has 0 spiro atoms. The van der Waals surface area contributed by atoms with Crippen molar-refractivity contribution in [1.82, 2.24) is 15.5 Å². The van der Waals surface area contributed by atoms with Crippen LogP contribution in [0.15, 0.2) is 24.3 Å². The number of nitrogens with zero attached hydrogens (tertiary/aromatic N) is 1. The Morgan fingerprint density at radius 2 is 1.81 bits per heavy atom. The Balaban J connectivity index is 1.91. The molecule has 1 aliphatic rings. The fourth-order valence-electron chi connectivity index (χ4n) is 2.14. The minimum atomic E-state index is -0.555. The van der Waals surface area contributed by atoms with Gasteiger partial charge in [0.2, 0.25) is 0 Å². The molecule has 2 N–H and O–H groups in total. The minimum absolute atomic E-state index is 0.0447. The van der Waals surface area contributed by atoms with Crippen LogP contribution in [0.2, 0.25) is 0 Å². The van der Waals surface area contributed by atoms with Crippen LogP contribution in [0.4, 0.5) is 0 Å². The number of aryl methyl sites for hydroxylation is 1. The third kappa shape index (κ3) is 4.56. The van der Waals surface area contributed by atoms with E-state index in [9.17, 15) is 9.59 Å². The number of likely N-dealkylation sites (N-methyl/N-ethyl adjacent to an activating group) is 1. The first kappa shape index (κ1) is 15.5. The third-order valence-corrected chi connectivity index (χ3v) is 3.66. The standard InChI is InChI=1S/C16H23N3O2/c1-11-4-6-12(7-5-11)14(19(2)3)10-17-15(20)16(21)18-13-8-9-13/h4-7,13-14H,8-10H2,1-3H3,(H,17,20)(H,18,21)/t14-/m1/s1. The first-order chi connectivity index (χ1) is 9.97. The molecule has 5 heteroatoms. The highest BCUT2D eigenvalue weighted by molar-refractivity contribution is 6.35. The van der Waals surface area contributed by atoms with Crippen molar-refractivity contribution in [2.45, 2.75) is 31.8 Å². The molecule has 5 nitrogen and oxygen atoms in total. The molecule has 2 rings (SSSR count). The summed E-state index contributed by atoms with van der Waals surface area (Å²) < 4.78 is 0. The number of rotatable bonds is 5. The summed E-state index contributed by atoms with van der Waals surface area (Å²) in [4.78, 5) is 25.4. The van der Waals surface area contributed by atoms with Gasteiger partial charge in [0.15, 0.2) is 0 Å². The average Bonchev–Trinajstić information content (AvgIpc) is 3.24. The predicted octanol–water partition coefficient (Wildman–Crippen LogP) is 0.993. The highest BCUT2D eigenvalue weighted by Crippen LogP contribution is 2.19. The maximum Gasteiger partial charge on any atom is 0.309 e. The van der Waals surface area contributed by atoms with Crippen LogP contribution in [-0.2, 0) is 9.59 Å². The Morgan fingerprint density at radius 1 is 1.19 bits per heavy atom. The Hall–Kier alpha value is -1.88. The molecular formula is C16H23N3O2. The second-order valence-electron chi connectivity index (χ2n) is 5.85. The molecule has 0 saturated heterocycles. The number of carbonyl (C=O) groups excluding carboxylic acids is 2. The first-order valence-corrected chi connectivity index (χ1v) is 7.29. The second kappa shape index (κ2) is 6.72. The van der Waals surface area contributed by atoms with E-state index in [1.54, 1.807) is 0 Å². The van der Waals surface area contributed by atoms with E-state index in [-0.39, 0.29) is 12.1 Å². The lowest BCUT2D eigenvalue weighted by Gasteiger charge is -2.25. The molecule has 1 atom stereocenters. The van der Waals surface area contributed by atoms with E-state index in [1.165, 1.54) is 5.56 Å². The van der Waals surface area contributed by atoms with Crippen molar-refractivity contribution in [1.29, 1.82) is 0 Å². The van der Waals surface area contributed by atoms with Gasteiger partial charge in [-0.3, -0.25) is 9.59 Å². The lowest BCUT2D eigenvalue weighted by atomic mass is 10.0. The second-order valence-corrected chi connectivity index (χ2v) is 5.85. The molecule has 1 aliphatic carbocycles. The Labute approximate surface area is 125 Å². The molecule has 114 valence electrons. The van der Waals surface area contributed by atoms with Gasteiger partial charge in [-0.05, 0) is 39.4 Å². The SMILES string of the molecule is Cc1ccc([C@@H](CNC(=O)C(=O)NC2CC2)N(C)C)cc1. The molecule has 0 radical (unpaired) electrons. The monoisotopic (exact) mass is 289 g/mol. The van der Waals surface area contributed by atoms with Crippen LogP contribution in [0.5, 0.6) is 0 Å². The number of benzene rings is 1. The van der Waals surface area contributed by atoms with Crippen molar-refractivity contribution >= 4 is 11.8 Å². The topological polar surface area (TPSA) is 61.4 Å². The van der Waals surface area contributed by atoms with Gasteiger partial charge in [0.05, 0.1) is 6.04 Å². The van der Waals surface area contributed by atoms with E-state index in [0.29, 0.717) is 6.54 Å². The van der Waals surface area contributed by atoms with Gasteiger partial charge in [-0.2, -0.15) is 0 Å². The number of hydrogen-bond donors (Lipinski definition) is 2. The van der Waals surface area contributed by atoms with Crippen molar-refractivity contribution in [3.05, 3.63) is 35.4 Å². The summed E-state index contributed by atoms with van der Waals surface area (Å²) >= 11 is 0. The largest absolute Gasteiger partial charge is 0.346 e. The van der Waals surface area contributed by atoms with Crippen molar-refractivity contribution in [3.63, 3.8) is 0 Å². The van der Waals surface area contributed by atoms with Gasteiger partial charge in [0.1, 0.15) is 0 Å². The van der Waals surface area contributed by atoms with Gasteiger partial charge in [-0.15, -0.1) is 0 Å². The quantitative estimate of drug-likeness (QED) is 0.795. The van der Waals surface area contributed by atoms with Crippen molar-refractivity contribution in [2.75, 3.05) is 20.6 Å². The number of amides is 2. The van der Waals surface area contributed by atoms with Crippen molar-refractivity contribution in [2.24, 2.45) is 0 Å². The molecule has 0 bridgehead atoms. The molecule has 0 aliphatic heterocycles. The van der Waals surface area contributed by atoms with E-state index >= 15 is 0 Å². The van der Waals surface area contributed by atoms with E-state index < -0.39 is 11.8 Å². The number of hydrogen-bond acceptors (Lipinski definition) is 3. The summed E-state index contributed by atoms with van der Waals surface area (Å²) in [6.45, 7) is 2.45. The van der Waals surface area contributed by atoms with E-state index in [0.717, 1.165) is 18.4 Å². The van der Waals surface area contributed by atoms with Gasteiger partial charge in [-0.1, -0.05) is 29.8 Å². The van der Waals surface area contributed by atoms with Crippen molar-refractivity contribution in [3.8, 4) is 0 Å². The van der Waals surface area contributed by atoms with Crippen LogP contribution in [0.1, 0.15) is 30.0 Å². The molecule has 1 aromatic rings. The van der Waals surface area contributed by atoms with Gasteiger partial charge in [0, 0.05) is 12.6 Å². The number of nitrogens with one attached hydrogen (secondary N) is 2. The highest BCUT2D eigenvalue weighted by atomic mass is 16.2. The maximum atomic E-state index is 11.8. The van der Waals surface area contributed by atoms with Crippen LogP contribution < -0.4 is 10.6 Å². The lowest BCUT2D eigenvalue weighted by Crippen LogP contribution is -2.43. The fraction of sp³-hybridized carbons (Fsp3) is 0.500. The Kier molecular flexibility index (Phi) is 4.96. The highest BCUT2D eigenvalue weighted by Gasteiger charge is 2.26. The van der Waals surface area contributed by atoms with Gasteiger partial charge in [-0.25, -0.2) is 0 Å². The summed E-state index contributed by atoms with van der Waals surface area (Å²) in [6.07, 6.45) is 1.95. The molecule has 21 heavy (non-hydrogen) atoms. The van der Waals surface area contributed by atoms with Gasteiger partial charge < -0.3 is 15.5 Å². The van der Waals surface area contributed by atoms with Gasteiger partial charge >= 0.3 is 11.8 Å². The van der Waals surface area contributed by atoms with Crippen LogP contribution in [0.25, 0.3) is 0 Å². The molecule has 0 aromatic heterocycles. The summed E-state index contributed by atoms with van der Waals surface area (Å²) in [5, 5.41) is 5.41.